The Morgan fingerprint density at radius 3 is 2.65 bits per heavy atom. The van der Waals surface area contributed by atoms with E-state index in [2.05, 4.69) is 36.2 Å². The minimum Gasteiger partial charge on any atom is -0.461 e. The van der Waals surface area contributed by atoms with Crippen molar-refractivity contribution in [3.63, 3.8) is 0 Å². The summed E-state index contributed by atoms with van der Waals surface area (Å²) in [5.41, 5.74) is 1.33. The zero-order valence-corrected chi connectivity index (χ0v) is 10.4. The number of likely N-dealkylation sites (tertiary alicyclic amines) is 1. The molecule has 1 aromatic carbocycles. The molecule has 0 radical (unpaired) electrons. The molecule has 0 amide bonds. The van der Waals surface area contributed by atoms with E-state index in [1.165, 1.54) is 12.5 Å². The molecule has 0 spiro atoms. The second-order valence-corrected chi connectivity index (χ2v) is 4.80. The van der Waals surface area contributed by atoms with Crippen LogP contribution in [0.2, 0.25) is 0 Å². The highest BCUT2D eigenvalue weighted by atomic mass is 16.5. The fourth-order valence-corrected chi connectivity index (χ4v) is 2.55. The number of rotatable bonds is 2. The zero-order valence-electron chi connectivity index (χ0n) is 10.4. The Kier molecular flexibility index (Phi) is 3.79. The van der Waals surface area contributed by atoms with Crippen LogP contribution in [0.25, 0.3) is 0 Å². The van der Waals surface area contributed by atoms with Gasteiger partial charge in [-0.1, -0.05) is 30.3 Å². The van der Waals surface area contributed by atoms with Gasteiger partial charge in [0.1, 0.15) is 6.10 Å². The molecule has 1 aliphatic heterocycles. The Morgan fingerprint density at radius 2 is 2.00 bits per heavy atom. The van der Waals surface area contributed by atoms with Crippen molar-refractivity contribution in [2.24, 2.45) is 0 Å². The molecule has 1 saturated heterocycles. The van der Waals surface area contributed by atoms with E-state index in [1.807, 2.05) is 6.07 Å². The summed E-state index contributed by atoms with van der Waals surface area (Å²) in [6, 6.07) is 10.4. The van der Waals surface area contributed by atoms with E-state index < -0.39 is 0 Å². The van der Waals surface area contributed by atoms with E-state index in [0.29, 0.717) is 5.92 Å². The fourth-order valence-electron chi connectivity index (χ4n) is 2.55. The average Bonchev–Trinajstić information content (AvgIpc) is 2.28. The predicted molar refractivity (Wildman–Crippen MR) is 66.9 cm³/mol. The molecule has 3 heteroatoms. The Balaban J connectivity index is 2.06. The summed E-state index contributed by atoms with van der Waals surface area (Å²) in [6.45, 7) is 3.34. The number of esters is 1. The molecule has 0 N–H and O–H groups in total. The molecule has 0 saturated carbocycles. The fraction of sp³-hybridized carbons (Fsp3) is 0.500. The van der Waals surface area contributed by atoms with Crippen LogP contribution in [0.3, 0.4) is 0 Å². The van der Waals surface area contributed by atoms with Gasteiger partial charge in [0, 0.05) is 25.9 Å². The van der Waals surface area contributed by atoms with Crippen molar-refractivity contribution in [3.8, 4) is 0 Å². The van der Waals surface area contributed by atoms with Crippen molar-refractivity contribution in [3.05, 3.63) is 35.9 Å². The molecule has 2 atom stereocenters. The first-order valence-electron chi connectivity index (χ1n) is 6.06. The number of ether oxygens (including phenoxy) is 1. The number of piperidine rings is 1. The van der Waals surface area contributed by atoms with Gasteiger partial charge >= 0.3 is 5.97 Å². The number of carbonyl (C=O) groups is 1. The van der Waals surface area contributed by atoms with E-state index in [0.717, 1.165) is 19.5 Å². The SMILES string of the molecule is CC(=O)O[C@H]1C[C@@H](c2ccccc2)CN(C)C1. The van der Waals surface area contributed by atoms with E-state index in [4.69, 9.17) is 4.74 Å². The summed E-state index contributed by atoms with van der Waals surface area (Å²) in [4.78, 5) is 13.3. The van der Waals surface area contributed by atoms with Crippen LogP contribution in [0.1, 0.15) is 24.8 Å². The second-order valence-electron chi connectivity index (χ2n) is 4.80. The number of carbonyl (C=O) groups excluding carboxylic acids is 1. The highest BCUT2D eigenvalue weighted by Crippen LogP contribution is 2.27. The molecule has 0 aromatic heterocycles. The standard InChI is InChI=1S/C14H19NO2/c1-11(16)17-14-8-13(9-15(2)10-14)12-6-4-3-5-7-12/h3-7,13-14H,8-10H2,1-2H3/t13-,14+/m1/s1. The third-order valence-corrected chi connectivity index (χ3v) is 3.20. The van der Waals surface area contributed by atoms with Gasteiger partial charge in [-0.25, -0.2) is 0 Å². The molecule has 0 bridgehead atoms. The molecule has 92 valence electrons. The highest BCUT2D eigenvalue weighted by Gasteiger charge is 2.27. The van der Waals surface area contributed by atoms with Crippen molar-refractivity contribution < 1.29 is 9.53 Å². The zero-order chi connectivity index (χ0) is 12.3. The maximum absolute atomic E-state index is 11.0. The first kappa shape index (κ1) is 12.1. The molecular weight excluding hydrogens is 214 g/mol. The van der Waals surface area contributed by atoms with Gasteiger partial charge in [0.25, 0.3) is 0 Å². The van der Waals surface area contributed by atoms with Gasteiger partial charge in [0.05, 0.1) is 0 Å². The Bertz CT molecular complexity index is 377. The Hall–Kier alpha value is -1.35. The highest BCUT2D eigenvalue weighted by molar-refractivity contribution is 5.66. The van der Waals surface area contributed by atoms with E-state index in [1.54, 1.807) is 0 Å². The predicted octanol–water partition coefficient (Wildman–Crippen LogP) is 2.04. The third-order valence-electron chi connectivity index (χ3n) is 3.20. The first-order chi connectivity index (χ1) is 8.15. The van der Waals surface area contributed by atoms with Crippen molar-refractivity contribution in [2.45, 2.75) is 25.4 Å². The van der Waals surface area contributed by atoms with E-state index in [9.17, 15) is 4.79 Å². The van der Waals surface area contributed by atoms with Crippen LogP contribution < -0.4 is 0 Å². The van der Waals surface area contributed by atoms with Gasteiger partial charge in [-0.05, 0) is 19.0 Å². The van der Waals surface area contributed by atoms with Gasteiger partial charge in [-0.15, -0.1) is 0 Å². The van der Waals surface area contributed by atoms with Gasteiger partial charge in [-0.2, -0.15) is 0 Å². The summed E-state index contributed by atoms with van der Waals surface area (Å²) in [5.74, 6) is 0.274. The largest absolute Gasteiger partial charge is 0.461 e. The van der Waals surface area contributed by atoms with E-state index >= 15 is 0 Å². The normalized spacial score (nSPS) is 25.5. The monoisotopic (exact) mass is 233 g/mol. The van der Waals surface area contributed by atoms with Crippen LogP contribution in [0.4, 0.5) is 0 Å². The van der Waals surface area contributed by atoms with Crippen molar-refractivity contribution in [2.75, 3.05) is 20.1 Å². The van der Waals surface area contributed by atoms with Gasteiger partial charge in [0.2, 0.25) is 0 Å². The second kappa shape index (κ2) is 5.32. The van der Waals surface area contributed by atoms with Crippen LogP contribution in [-0.2, 0) is 9.53 Å². The lowest BCUT2D eigenvalue weighted by atomic mass is 9.89. The average molecular weight is 233 g/mol. The molecule has 3 nitrogen and oxygen atoms in total. The van der Waals surface area contributed by atoms with Crippen molar-refractivity contribution in [1.82, 2.24) is 4.90 Å². The van der Waals surface area contributed by atoms with Crippen molar-refractivity contribution in [1.29, 1.82) is 0 Å². The lowest BCUT2D eigenvalue weighted by molar-refractivity contribution is -0.148. The molecule has 0 aliphatic carbocycles. The van der Waals surface area contributed by atoms with Gasteiger partial charge in [-0.3, -0.25) is 4.79 Å². The van der Waals surface area contributed by atoms with Crippen LogP contribution >= 0.6 is 0 Å². The summed E-state index contributed by atoms with van der Waals surface area (Å²) < 4.78 is 5.33. The van der Waals surface area contributed by atoms with E-state index in [-0.39, 0.29) is 12.1 Å². The van der Waals surface area contributed by atoms with Gasteiger partial charge in [0.15, 0.2) is 0 Å². The summed E-state index contributed by atoms with van der Waals surface area (Å²) in [7, 11) is 2.07. The summed E-state index contributed by atoms with van der Waals surface area (Å²) >= 11 is 0. The Morgan fingerprint density at radius 1 is 1.29 bits per heavy atom. The number of benzene rings is 1. The molecule has 1 aliphatic rings. The quantitative estimate of drug-likeness (QED) is 0.732. The molecule has 0 unspecified atom stereocenters. The molecular formula is C14H19NO2. The molecule has 1 heterocycles. The minimum atomic E-state index is -0.183. The minimum absolute atomic E-state index is 0.0245. The number of likely N-dealkylation sites (N-methyl/N-ethyl adjacent to an activating group) is 1. The summed E-state index contributed by atoms with van der Waals surface area (Å²) in [6.07, 6.45) is 0.949. The number of hydrogen-bond acceptors (Lipinski definition) is 3. The smallest absolute Gasteiger partial charge is 0.302 e. The molecule has 1 fully saturated rings. The molecule has 17 heavy (non-hydrogen) atoms. The summed E-state index contributed by atoms with van der Waals surface area (Å²) in [5, 5.41) is 0. The van der Waals surface area contributed by atoms with Crippen molar-refractivity contribution >= 4 is 5.97 Å². The van der Waals surface area contributed by atoms with Crippen LogP contribution in [0.15, 0.2) is 30.3 Å². The number of hydrogen-bond donors (Lipinski definition) is 0. The Labute approximate surface area is 102 Å². The molecule has 2 rings (SSSR count). The number of nitrogens with zero attached hydrogens (tertiary/aromatic N) is 1. The third kappa shape index (κ3) is 3.30. The maximum atomic E-state index is 11.0. The topological polar surface area (TPSA) is 29.5 Å². The van der Waals surface area contributed by atoms with Crippen LogP contribution in [0.5, 0.6) is 0 Å². The van der Waals surface area contributed by atoms with Crippen LogP contribution in [0, 0.1) is 0 Å². The van der Waals surface area contributed by atoms with Crippen LogP contribution in [-0.4, -0.2) is 37.1 Å². The lowest BCUT2D eigenvalue weighted by Gasteiger charge is -2.35. The molecule has 1 aromatic rings. The lowest BCUT2D eigenvalue weighted by Crippen LogP contribution is -2.41. The van der Waals surface area contributed by atoms with Gasteiger partial charge < -0.3 is 9.64 Å². The first-order valence-corrected chi connectivity index (χ1v) is 6.06. The maximum Gasteiger partial charge on any atom is 0.302 e.